The third-order valence-corrected chi connectivity index (χ3v) is 12.4. The maximum absolute atomic E-state index is 6.31. The maximum Gasteiger partial charge on any atom is 0.136 e. The van der Waals surface area contributed by atoms with Gasteiger partial charge < -0.3 is 13.9 Å². The largest absolute Gasteiger partial charge is 0.456 e. The van der Waals surface area contributed by atoms with Crippen LogP contribution in [0.1, 0.15) is 0 Å². The highest BCUT2D eigenvalue weighted by molar-refractivity contribution is 6.09. The summed E-state index contributed by atoms with van der Waals surface area (Å²) in [4.78, 5) is 2.38. The molecule has 0 atom stereocenters. The number of rotatable bonds is 8. The van der Waals surface area contributed by atoms with Crippen LogP contribution in [0.5, 0.6) is 0 Å². The molecule has 0 N–H and O–H groups in total. The minimum Gasteiger partial charge on any atom is -0.456 e. The Morgan fingerprint density at radius 3 is 1.52 bits per heavy atom. The summed E-state index contributed by atoms with van der Waals surface area (Å²) in [5.41, 5.74) is 17.8. The molecule has 63 heavy (non-hydrogen) atoms. The molecule has 0 aliphatic rings. The molecular weight excluding hydrogens is 765 g/mol. The number of fused-ring (bicyclic) bond motifs is 6. The summed E-state index contributed by atoms with van der Waals surface area (Å²) in [5.74, 6) is 0. The van der Waals surface area contributed by atoms with E-state index in [0.29, 0.717) is 0 Å². The first-order valence-electron chi connectivity index (χ1n) is 21.5. The number of para-hydroxylation sites is 3. The van der Waals surface area contributed by atoms with Crippen molar-refractivity contribution in [3.8, 4) is 50.2 Å². The van der Waals surface area contributed by atoms with E-state index in [-0.39, 0.29) is 0 Å². The van der Waals surface area contributed by atoms with Gasteiger partial charge in [0, 0.05) is 44.3 Å². The van der Waals surface area contributed by atoms with Crippen molar-refractivity contribution in [2.75, 3.05) is 4.90 Å². The smallest absolute Gasteiger partial charge is 0.136 e. The van der Waals surface area contributed by atoms with Crippen LogP contribution < -0.4 is 4.90 Å². The van der Waals surface area contributed by atoms with Gasteiger partial charge in [-0.3, -0.25) is 0 Å². The Morgan fingerprint density at radius 2 is 0.794 bits per heavy atom. The number of hydrogen-bond acceptors (Lipinski definition) is 2. The molecular formula is C60H40N2O. The summed E-state index contributed by atoms with van der Waals surface area (Å²) in [6.45, 7) is 0. The van der Waals surface area contributed by atoms with Gasteiger partial charge in [0.2, 0.25) is 0 Å². The molecule has 296 valence electrons. The van der Waals surface area contributed by atoms with E-state index in [1.54, 1.807) is 0 Å². The van der Waals surface area contributed by atoms with Gasteiger partial charge in [0.15, 0.2) is 0 Å². The summed E-state index contributed by atoms with van der Waals surface area (Å²) in [7, 11) is 0. The number of nitrogens with zero attached hydrogens (tertiary/aromatic N) is 2. The Kier molecular flexibility index (Phi) is 8.83. The van der Waals surface area contributed by atoms with Crippen LogP contribution >= 0.6 is 0 Å². The van der Waals surface area contributed by atoms with E-state index < -0.39 is 0 Å². The van der Waals surface area contributed by atoms with Gasteiger partial charge in [-0.25, -0.2) is 0 Å². The Morgan fingerprint density at radius 1 is 0.286 bits per heavy atom. The fourth-order valence-corrected chi connectivity index (χ4v) is 9.40. The molecule has 0 radical (unpaired) electrons. The highest BCUT2D eigenvalue weighted by Gasteiger charge is 2.18. The predicted molar refractivity (Wildman–Crippen MR) is 264 cm³/mol. The van der Waals surface area contributed by atoms with Gasteiger partial charge in [0.1, 0.15) is 11.2 Å². The highest BCUT2D eigenvalue weighted by Crippen LogP contribution is 2.42. The molecule has 0 amide bonds. The lowest BCUT2D eigenvalue weighted by molar-refractivity contribution is 0.669. The summed E-state index contributed by atoms with van der Waals surface area (Å²) < 4.78 is 8.70. The lowest BCUT2D eigenvalue weighted by atomic mass is 9.94. The lowest BCUT2D eigenvalue weighted by Crippen LogP contribution is -2.10. The molecule has 0 spiro atoms. The molecule has 0 bridgehead atoms. The molecule has 0 unspecified atom stereocenters. The Labute approximate surface area is 366 Å². The van der Waals surface area contributed by atoms with E-state index in [4.69, 9.17) is 4.42 Å². The van der Waals surface area contributed by atoms with E-state index in [0.717, 1.165) is 66.9 Å². The first kappa shape index (κ1) is 36.5. The summed E-state index contributed by atoms with van der Waals surface area (Å²) in [5, 5.41) is 4.76. The molecule has 2 aromatic heterocycles. The molecule has 3 heteroatoms. The van der Waals surface area contributed by atoms with Gasteiger partial charge in [-0.05, 0) is 117 Å². The second-order valence-electron chi connectivity index (χ2n) is 16.1. The van der Waals surface area contributed by atoms with Crippen molar-refractivity contribution >= 4 is 60.8 Å². The summed E-state index contributed by atoms with van der Waals surface area (Å²) in [6.07, 6.45) is 0. The van der Waals surface area contributed by atoms with Crippen molar-refractivity contribution in [2.24, 2.45) is 0 Å². The van der Waals surface area contributed by atoms with Gasteiger partial charge in [-0.1, -0.05) is 170 Å². The molecule has 2 heterocycles. The number of aromatic nitrogens is 1. The predicted octanol–water partition coefficient (Wildman–Crippen LogP) is 16.8. The average Bonchev–Trinajstić information content (AvgIpc) is 3.90. The number of furan rings is 1. The first-order chi connectivity index (χ1) is 31.2. The van der Waals surface area contributed by atoms with Crippen molar-refractivity contribution in [2.45, 2.75) is 0 Å². The van der Waals surface area contributed by atoms with Crippen LogP contribution in [0.4, 0.5) is 17.1 Å². The third-order valence-electron chi connectivity index (χ3n) is 12.4. The van der Waals surface area contributed by atoms with Crippen LogP contribution in [0.25, 0.3) is 93.9 Å². The molecule has 10 aromatic carbocycles. The second-order valence-corrected chi connectivity index (χ2v) is 16.1. The fraction of sp³-hybridized carbons (Fsp3) is 0. The fourth-order valence-electron chi connectivity index (χ4n) is 9.40. The van der Waals surface area contributed by atoms with E-state index in [1.165, 1.54) is 44.1 Å². The number of anilines is 3. The molecule has 0 saturated heterocycles. The van der Waals surface area contributed by atoms with Crippen LogP contribution in [-0.2, 0) is 0 Å². The van der Waals surface area contributed by atoms with Crippen molar-refractivity contribution < 1.29 is 4.42 Å². The summed E-state index contributed by atoms with van der Waals surface area (Å²) in [6, 6.07) is 87.2. The van der Waals surface area contributed by atoms with E-state index in [1.807, 2.05) is 12.1 Å². The number of hydrogen-bond donors (Lipinski definition) is 0. The van der Waals surface area contributed by atoms with Gasteiger partial charge in [0.05, 0.1) is 11.0 Å². The lowest BCUT2D eigenvalue weighted by Gasteiger charge is -2.27. The quantitative estimate of drug-likeness (QED) is 0.153. The third kappa shape index (κ3) is 6.46. The molecule has 0 aliphatic heterocycles. The van der Waals surface area contributed by atoms with E-state index in [9.17, 15) is 0 Å². The highest BCUT2D eigenvalue weighted by atomic mass is 16.3. The minimum absolute atomic E-state index is 0.895. The van der Waals surface area contributed by atoms with Gasteiger partial charge in [-0.15, -0.1) is 0 Å². The molecule has 12 rings (SSSR count). The maximum atomic E-state index is 6.31. The monoisotopic (exact) mass is 804 g/mol. The van der Waals surface area contributed by atoms with Crippen LogP contribution in [-0.4, -0.2) is 4.57 Å². The van der Waals surface area contributed by atoms with Crippen molar-refractivity contribution in [3.63, 3.8) is 0 Å². The zero-order valence-electron chi connectivity index (χ0n) is 34.4. The van der Waals surface area contributed by atoms with Crippen LogP contribution in [0.3, 0.4) is 0 Å². The van der Waals surface area contributed by atoms with Crippen LogP contribution in [0.2, 0.25) is 0 Å². The SMILES string of the molecule is c1ccc(-c2ccc(-c3cccc(N(c4ccc(-c5ccccc5-c5ccc6c(c5)oc5ccccc56)cc4)c4cccc(-n5c6ccccc6c6ccccc65)c4)c3)cc2)cc1. The molecule has 0 saturated carbocycles. The molecule has 0 aliphatic carbocycles. The van der Waals surface area contributed by atoms with Crippen molar-refractivity contribution in [1.82, 2.24) is 4.57 Å². The van der Waals surface area contributed by atoms with E-state index >= 15 is 0 Å². The Hall–Kier alpha value is -8.40. The van der Waals surface area contributed by atoms with Gasteiger partial charge >= 0.3 is 0 Å². The van der Waals surface area contributed by atoms with E-state index in [2.05, 4.69) is 240 Å². The number of benzene rings is 10. The molecule has 3 nitrogen and oxygen atoms in total. The standard InChI is InChI=1S/C60H40N2O/c1-2-14-41(15-3-1)42-28-30-43(31-29-42)45-16-12-17-48(38-45)61(49-18-13-19-50(40-49)62-57-25-9-6-22-53(57)54-23-7-10-26-58(54)62)47-35-32-44(33-36-47)51-20-4-5-21-52(51)46-34-37-56-55-24-8-11-27-59(55)63-60(56)39-46/h1-40H. The van der Waals surface area contributed by atoms with Crippen molar-refractivity contribution in [3.05, 3.63) is 243 Å². The van der Waals surface area contributed by atoms with Crippen LogP contribution in [0.15, 0.2) is 247 Å². The zero-order chi connectivity index (χ0) is 41.7. The van der Waals surface area contributed by atoms with Crippen molar-refractivity contribution in [1.29, 1.82) is 0 Å². The van der Waals surface area contributed by atoms with Crippen LogP contribution in [0, 0.1) is 0 Å². The second kappa shape index (κ2) is 15.3. The normalized spacial score (nSPS) is 11.5. The van der Waals surface area contributed by atoms with Gasteiger partial charge in [-0.2, -0.15) is 0 Å². The van der Waals surface area contributed by atoms with Gasteiger partial charge in [0.25, 0.3) is 0 Å². The molecule has 0 fully saturated rings. The molecule has 12 aromatic rings. The zero-order valence-corrected chi connectivity index (χ0v) is 34.4. The Balaban J connectivity index is 0.966. The topological polar surface area (TPSA) is 21.3 Å². The Bertz CT molecular complexity index is 3560. The average molecular weight is 805 g/mol. The first-order valence-corrected chi connectivity index (χ1v) is 21.5. The summed E-state index contributed by atoms with van der Waals surface area (Å²) >= 11 is 0. The minimum atomic E-state index is 0.895.